The molecule has 0 spiro atoms. The van der Waals surface area contributed by atoms with Crippen LogP contribution >= 0.6 is 0 Å². The van der Waals surface area contributed by atoms with Gasteiger partial charge in [-0.05, 0) is 32.0 Å². The van der Waals surface area contributed by atoms with Crippen LogP contribution in [0.1, 0.15) is 42.4 Å². The summed E-state index contributed by atoms with van der Waals surface area (Å²) >= 11 is 0. The highest BCUT2D eigenvalue weighted by Gasteiger charge is 2.25. The number of rotatable bonds is 2. The van der Waals surface area contributed by atoms with Crippen molar-refractivity contribution in [2.45, 2.75) is 39.8 Å². The summed E-state index contributed by atoms with van der Waals surface area (Å²) in [6.07, 6.45) is 0.837. The number of nitrogens with zero attached hydrogens (tertiary/aromatic N) is 3. The highest BCUT2D eigenvalue weighted by Crippen LogP contribution is 2.29. The Labute approximate surface area is 160 Å². The molecule has 2 amide bonds. The van der Waals surface area contributed by atoms with E-state index in [1.54, 1.807) is 6.92 Å². The molecule has 1 fully saturated rings. The van der Waals surface area contributed by atoms with Crippen molar-refractivity contribution >= 4 is 22.7 Å². The number of carbonyl (C=O) groups is 2. The van der Waals surface area contributed by atoms with E-state index in [1.165, 1.54) is 5.69 Å². The lowest BCUT2D eigenvalue weighted by atomic mass is 10.0. The molecule has 1 N–H and O–H groups in total. The molecule has 1 aromatic carbocycles. The first-order valence-corrected chi connectivity index (χ1v) is 9.86. The number of hydrogen-bond acceptors (Lipinski definition) is 3. The Morgan fingerprint density at radius 3 is 2.44 bits per heavy atom. The van der Waals surface area contributed by atoms with E-state index in [9.17, 15) is 9.59 Å². The van der Waals surface area contributed by atoms with E-state index >= 15 is 0 Å². The molecule has 0 aliphatic carbocycles. The minimum absolute atomic E-state index is 0.102. The molecule has 4 rings (SSSR count). The van der Waals surface area contributed by atoms with Gasteiger partial charge in [0, 0.05) is 86.4 Å². The molecule has 2 aliphatic heterocycles. The Balaban J connectivity index is 1.58. The van der Waals surface area contributed by atoms with Crippen LogP contribution in [-0.4, -0.2) is 70.3 Å². The van der Waals surface area contributed by atoms with Gasteiger partial charge in [-0.15, -0.1) is 0 Å². The van der Waals surface area contributed by atoms with E-state index in [0.29, 0.717) is 12.6 Å². The summed E-state index contributed by atoms with van der Waals surface area (Å²) in [5.41, 5.74) is 4.14. The number of aromatic nitrogens is 1. The Kier molecular flexibility index (Phi) is 4.68. The Morgan fingerprint density at radius 1 is 1.04 bits per heavy atom. The molecular formula is C21H28N4O2. The van der Waals surface area contributed by atoms with Gasteiger partial charge in [0.15, 0.2) is 0 Å². The van der Waals surface area contributed by atoms with Crippen LogP contribution in [0.2, 0.25) is 0 Å². The number of amides is 2. The number of nitrogens with one attached hydrogen (secondary N) is 1. The van der Waals surface area contributed by atoms with Crippen LogP contribution in [0.5, 0.6) is 0 Å². The summed E-state index contributed by atoms with van der Waals surface area (Å²) in [7, 11) is 0. The lowest BCUT2D eigenvalue weighted by molar-refractivity contribution is -0.129. The number of carbonyl (C=O) groups excluding carboxylic acids is 2. The average molecular weight is 368 g/mol. The number of fused-ring (bicyclic) bond motifs is 3. The van der Waals surface area contributed by atoms with E-state index in [1.807, 2.05) is 28.0 Å². The zero-order valence-corrected chi connectivity index (χ0v) is 16.4. The van der Waals surface area contributed by atoms with Gasteiger partial charge in [-0.3, -0.25) is 14.5 Å². The minimum Gasteiger partial charge on any atom is -0.358 e. The first-order valence-electron chi connectivity index (χ1n) is 9.86. The van der Waals surface area contributed by atoms with E-state index in [2.05, 4.69) is 23.7 Å². The molecule has 2 aliphatic rings. The van der Waals surface area contributed by atoms with Gasteiger partial charge in [0.25, 0.3) is 5.91 Å². The molecule has 3 heterocycles. The average Bonchev–Trinajstić information content (AvgIpc) is 3.04. The van der Waals surface area contributed by atoms with Crippen molar-refractivity contribution < 1.29 is 9.59 Å². The minimum atomic E-state index is 0.102. The lowest BCUT2D eigenvalue weighted by Crippen LogP contribution is -2.50. The summed E-state index contributed by atoms with van der Waals surface area (Å²) in [4.78, 5) is 34.5. The van der Waals surface area contributed by atoms with Gasteiger partial charge in [0.2, 0.25) is 5.91 Å². The normalized spacial score (nSPS) is 18.2. The molecule has 1 saturated heterocycles. The zero-order chi connectivity index (χ0) is 19.1. The fraction of sp³-hybridized carbons (Fsp3) is 0.524. The number of aromatic amines is 1. The van der Waals surface area contributed by atoms with Crippen molar-refractivity contribution in [3.05, 3.63) is 35.0 Å². The molecule has 27 heavy (non-hydrogen) atoms. The number of benzene rings is 1. The standard InChI is InChI=1S/C21H28N4O2/c1-14(2)23-8-10-24(11-9-23)21(27)16-4-5-19-17(12-16)18-13-25(15(3)26)7-6-20(18)22-19/h4-5,12,14,22H,6-11,13H2,1-3H3. The third kappa shape index (κ3) is 3.34. The van der Waals surface area contributed by atoms with Crippen LogP contribution in [0.3, 0.4) is 0 Å². The topological polar surface area (TPSA) is 59.7 Å². The molecule has 144 valence electrons. The van der Waals surface area contributed by atoms with Crippen molar-refractivity contribution in [3.8, 4) is 0 Å². The van der Waals surface area contributed by atoms with Crippen LogP contribution in [0.15, 0.2) is 18.2 Å². The summed E-state index contributed by atoms with van der Waals surface area (Å²) in [5, 5.41) is 1.07. The van der Waals surface area contributed by atoms with Crippen LogP contribution in [-0.2, 0) is 17.8 Å². The van der Waals surface area contributed by atoms with Crippen molar-refractivity contribution in [2.75, 3.05) is 32.7 Å². The second-order valence-electron chi connectivity index (χ2n) is 7.95. The number of hydrogen-bond donors (Lipinski definition) is 1. The SMILES string of the molecule is CC(=O)N1CCc2[nH]c3ccc(C(=O)N4CCN(C(C)C)CC4)cc3c2C1. The zero-order valence-electron chi connectivity index (χ0n) is 16.4. The molecule has 0 bridgehead atoms. The maximum absolute atomic E-state index is 13.0. The van der Waals surface area contributed by atoms with E-state index in [4.69, 9.17) is 0 Å². The van der Waals surface area contributed by atoms with Gasteiger partial charge in [0.05, 0.1) is 0 Å². The van der Waals surface area contributed by atoms with Crippen LogP contribution in [0.4, 0.5) is 0 Å². The monoisotopic (exact) mass is 368 g/mol. The van der Waals surface area contributed by atoms with E-state index in [-0.39, 0.29) is 11.8 Å². The predicted octanol–water partition coefficient (Wildman–Crippen LogP) is 2.24. The maximum atomic E-state index is 13.0. The van der Waals surface area contributed by atoms with Gasteiger partial charge < -0.3 is 14.8 Å². The first-order chi connectivity index (χ1) is 12.9. The van der Waals surface area contributed by atoms with E-state index in [0.717, 1.165) is 61.2 Å². The molecule has 0 saturated carbocycles. The molecular weight excluding hydrogens is 340 g/mol. The quantitative estimate of drug-likeness (QED) is 0.884. The van der Waals surface area contributed by atoms with Gasteiger partial charge in [-0.25, -0.2) is 0 Å². The molecule has 6 nitrogen and oxygen atoms in total. The first kappa shape index (κ1) is 18.0. The summed E-state index contributed by atoms with van der Waals surface area (Å²) in [5.74, 6) is 0.208. The fourth-order valence-corrected chi connectivity index (χ4v) is 4.24. The molecule has 0 radical (unpaired) electrons. The molecule has 1 aromatic heterocycles. The summed E-state index contributed by atoms with van der Waals surface area (Å²) in [6, 6.07) is 6.45. The van der Waals surface area contributed by atoms with Gasteiger partial charge in [-0.1, -0.05) is 0 Å². The van der Waals surface area contributed by atoms with Crippen LogP contribution in [0, 0.1) is 0 Å². The van der Waals surface area contributed by atoms with Crippen LogP contribution < -0.4 is 0 Å². The number of H-pyrrole nitrogens is 1. The fourth-order valence-electron chi connectivity index (χ4n) is 4.24. The highest BCUT2D eigenvalue weighted by atomic mass is 16.2. The lowest BCUT2D eigenvalue weighted by Gasteiger charge is -2.37. The van der Waals surface area contributed by atoms with Gasteiger partial charge >= 0.3 is 0 Å². The Hall–Kier alpha value is -2.34. The Bertz CT molecular complexity index is 878. The smallest absolute Gasteiger partial charge is 0.253 e. The molecule has 0 atom stereocenters. The third-order valence-electron chi connectivity index (χ3n) is 6.00. The van der Waals surface area contributed by atoms with Gasteiger partial charge in [0.1, 0.15) is 0 Å². The second kappa shape index (κ2) is 7.00. The van der Waals surface area contributed by atoms with Crippen LogP contribution in [0.25, 0.3) is 10.9 Å². The molecule has 6 heteroatoms. The molecule has 2 aromatic rings. The third-order valence-corrected chi connectivity index (χ3v) is 6.00. The Morgan fingerprint density at radius 2 is 1.78 bits per heavy atom. The summed E-state index contributed by atoms with van der Waals surface area (Å²) in [6.45, 7) is 10.8. The largest absolute Gasteiger partial charge is 0.358 e. The highest BCUT2D eigenvalue weighted by molar-refractivity contribution is 5.99. The van der Waals surface area contributed by atoms with Crippen molar-refractivity contribution in [3.63, 3.8) is 0 Å². The second-order valence-corrected chi connectivity index (χ2v) is 7.95. The van der Waals surface area contributed by atoms with Crippen molar-refractivity contribution in [1.82, 2.24) is 19.7 Å². The van der Waals surface area contributed by atoms with Crippen molar-refractivity contribution in [2.24, 2.45) is 0 Å². The predicted molar refractivity (Wildman–Crippen MR) is 106 cm³/mol. The van der Waals surface area contributed by atoms with Gasteiger partial charge in [-0.2, -0.15) is 0 Å². The van der Waals surface area contributed by atoms with Crippen molar-refractivity contribution in [1.29, 1.82) is 0 Å². The summed E-state index contributed by atoms with van der Waals surface area (Å²) < 4.78 is 0. The number of piperazine rings is 1. The van der Waals surface area contributed by atoms with E-state index < -0.39 is 0 Å². The molecule has 0 unspecified atom stereocenters. The maximum Gasteiger partial charge on any atom is 0.253 e.